The van der Waals surface area contributed by atoms with Gasteiger partial charge in [-0.15, -0.1) is 0 Å². The van der Waals surface area contributed by atoms with Crippen LogP contribution in [0.15, 0.2) is 18.2 Å². The number of nitrogens with one attached hydrogen (secondary N) is 1. The zero-order valence-corrected chi connectivity index (χ0v) is 11.8. The minimum Gasteiger partial charge on any atom is -0.454 e. The summed E-state index contributed by atoms with van der Waals surface area (Å²) < 4.78 is 36.0. The Bertz CT molecular complexity index is 527. The number of ether oxygens (including phenoxy) is 2. The molecule has 0 aliphatic carbocycles. The first-order valence-electron chi connectivity index (χ1n) is 6.46. The SMILES string of the molecule is CCCS(=O)(=O)NCCCc1ccc2c(c1)OCO2. The van der Waals surface area contributed by atoms with Gasteiger partial charge in [-0.2, -0.15) is 0 Å². The number of rotatable bonds is 7. The fourth-order valence-electron chi connectivity index (χ4n) is 1.96. The Hall–Kier alpha value is -1.27. The van der Waals surface area contributed by atoms with Crippen LogP contribution in [0.25, 0.3) is 0 Å². The summed E-state index contributed by atoms with van der Waals surface area (Å²) in [5.74, 6) is 1.73. The monoisotopic (exact) mass is 285 g/mol. The van der Waals surface area contributed by atoms with Crippen LogP contribution in [0.4, 0.5) is 0 Å². The van der Waals surface area contributed by atoms with Crippen LogP contribution in [0.2, 0.25) is 0 Å². The number of hydrogen-bond donors (Lipinski definition) is 1. The van der Waals surface area contributed by atoms with Gasteiger partial charge < -0.3 is 9.47 Å². The molecule has 1 aromatic carbocycles. The summed E-state index contributed by atoms with van der Waals surface area (Å²) in [5.41, 5.74) is 1.12. The molecule has 1 aliphatic heterocycles. The topological polar surface area (TPSA) is 64.6 Å². The van der Waals surface area contributed by atoms with Crippen molar-refractivity contribution in [1.29, 1.82) is 0 Å². The van der Waals surface area contributed by atoms with Crippen molar-refractivity contribution in [3.8, 4) is 11.5 Å². The summed E-state index contributed by atoms with van der Waals surface area (Å²) in [6, 6.07) is 5.82. The van der Waals surface area contributed by atoms with Gasteiger partial charge in [-0.3, -0.25) is 0 Å². The van der Waals surface area contributed by atoms with Crippen LogP contribution in [0.3, 0.4) is 0 Å². The van der Waals surface area contributed by atoms with E-state index in [4.69, 9.17) is 9.47 Å². The molecule has 0 radical (unpaired) electrons. The van der Waals surface area contributed by atoms with E-state index in [1.54, 1.807) is 0 Å². The van der Waals surface area contributed by atoms with Gasteiger partial charge in [0.05, 0.1) is 5.75 Å². The standard InChI is InChI=1S/C13H19NO4S/c1-2-8-19(15,16)14-7-3-4-11-5-6-12-13(9-11)18-10-17-12/h5-6,9,14H,2-4,7-8,10H2,1H3. The largest absolute Gasteiger partial charge is 0.454 e. The molecule has 106 valence electrons. The highest BCUT2D eigenvalue weighted by molar-refractivity contribution is 7.89. The van der Waals surface area contributed by atoms with Crippen LogP contribution in [0.1, 0.15) is 25.3 Å². The number of aryl methyl sites for hydroxylation is 1. The molecule has 0 saturated heterocycles. The number of benzene rings is 1. The molecule has 0 saturated carbocycles. The molecule has 1 heterocycles. The Balaban J connectivity index is 1.77. The van der Waals surface area contributed by atoms with Crippen molar-refractivity contribution in [3.63, 3.8) is 0 Å². The molecule has 0 atom stereocenters. The summed E-state index contributed by atoms with van der Waals surface area (Å²) in [6.07, 6.45) is 2.21. The van der Waals surface area contributed by atoms with Gasteiger partial charge in [0.15, 0.2) is 11.5 Å². The van der Waals surface area contributed by atoms with Gasteiger partial charge in [0, 0.05) is 6.54 Å². The van der Waals surface area contributed by atoms with Crippen LogP contribution in [0.5, 0.6) is 11.5 Å². The van der Waals surface area contributed by atoms with Crippen LogP contribution < -0.4 is 14.2 Å². The van der Waals surface area contributed by atoms with Gasteiger partial charge in [0.25, 0.3) is 0 Å². The number of sulfonamides is 1. The Morgan fingerprint density at radius 3 is 2.84 bits per heavy atom. The fraction of sp³-hybridized carbons (Fsp3) is 0.538. The summed E-state index contributed by atoms with van der Waals surface area (Å²) in [6.45, 7) is 2.60. The molecular formula is C13H19NO4S. The maximum Gasteiger partial charge on any atom is 0.231 e. The quantitative estimate of drug-likeness (QED) is 0.774. The first-order valence-corrected chi connectivity index (χ1v) is 8.12. The molecule has 1 aliphatic rings. The smallest absolute Gasteiger partial charge is 0.231 e. The average Bonchev–Trinajstić information content (AvgIpc) is 2.82. The van der Waals surface area contributed by atoms with E-state index in [1.807, 2.05) is 25.1 Å². The molecule has 1 aromatic rings. The molecule has 0 amide bonds. The third-order valence-electron chi connectivity index (χ3n) is 2.87. The van der Waals surface area contributed by atoms with Gasteiger partial charge in [0.1, 0.15) is 0 Å². The summed E-state index contributed by atoms with van der Waals surface area (Å²) in [5, 5.41) is 0. The van der Waals surface area contributed by atoms with Crippen molar-refractivity contribution in [2.45, 2.75) is 26.2 Å². The van der Waals surface area contributed by atoms with Crippen molar-refractivity contribution in [2.75, 3.05) is 19.1 Å². The average molecular weight is 285 g/mol. The van der Waals surface area contributed by atoms with Crippen molar-refractivity contribution < 1.29 is 17.9 Å². The lowest BCUT2D eigenvalue weighted by molar-refractivity contribution is 0.174. The van der Waals surface area contributed by atoms with E-state index in [0.717, 1.165) is 29.9 Å². The van der Waals surface area contributed by atoms with E-state index in [0.29, 0.717) is 13.0 Å². The Morgan fingerprint density at radius 1 is 1.26 bits per heavy atom. The van der Waals surface area contributed by atoms with Gasteiger partial charge >= 0.3 is 0 Å². The fourth-order valence-corrected chi connectivity index (χ4v) is 3.09. The number of hydrogen-bond acceptors (Lipinski definition) is 4. The second-order valence-corrected chi connectivity index (χ2v) is 6.43. The summed E-state index contributed by atoms with van der Waals surface area (Å²) in [7, 11) is -3.09. The maximum atomic E-state index is 11.4. The third-order valence-corrected chi connectivity index (χ3v) is 4.46. The Labute approximate surface area is 114 Å². The van der Waals surface area contributed by atoms with Crippen molar-refractivity contribution in [2.24, 2.45) is 0 Å². The van der Waals surface area contributed by atoms with E-state index < -0.39 is 10.0 Å². The molecule has 0 aromatic heterocycles. The van der Waals surface area contributed by atoms with Gasteiger partial charge in [-0.1, -0.05) is 13.0 Å². The second kappa shape index (κ2) is 6.25. The van der Waals surface area contributed by atoms with Crippen molar-refractivity contribution >= 4 is 10.0 Å². The molecule has 0 bridgehead atoms. The Morgan fingerprint density at radius 2 is 2.05 bits per heavy atom. The van der Waals surface area contributed by atoms with Crippen LogP contribution >= 0.6 is 0 Å². The van der Waals surface area contributed by atoms with E-state index in [2.05, 4.69) is 4.72 Å². The highest BCUT2D eigenvalue weighted by atomic mass is 32.2. The van der Waals surface area contributed by atoms with E-state index in [1.165, 1.54) is 0 Å². The molecule has 2 rings (SSSR count). The Kier molecular flexibility index (Phi) is 4.66. The molecule has 5 nitrogen and oxygen atoms in total. The molecule has 1 N–H and O–H groups in total. The van der Waals surface area contributed by atoms with Crippen molar-refractivity contribution in [1.82, 2.24) is 4.72 Å². The molecule has 0 fully saturated rings. The van der Waals surface area contributed by atoms with Crippen molar-refractivity contribution in [3.05, 3.63) is 23.8 Å². The second-order valence-electron chi connectivity index (χ2n) is 4.50. The predicted molar refractivity (Wildman–Crippen MR) is 73.0 cm³/mol. The minimum atomic E-state index is -3.09. The van der Waals surface area contributed by atoms with Crippen LogP contribution in [-0.4, -0.2) is 27.5 Å². The highest BCUT2D eigenvalue weighted by Crippen LogP contribution is 2.32. The zero-order chi connectivity index (χ0) is 13.7. The van der Waals surface area contributed by atoms with E-state index in [-0.39, 0.29) is 12.5 Å². The normalized spacial score (nSPS) is 13.7. The molecular weight excluding hydrogens is 266 g/mol. The number of fused-ring (bicyclic) bond motifs is 1. The lowest BCUT2D eigenvalue weighted by Gasteiger charge is -2.06. The van der Waals surface area contributed by atoms with E-state index in [9.17, 15) is 8.42 Å². The third kappa shape index (κ3) is 4.11. The molecule has 0 spiro atoms. The lowest BCUT2D eigenvalue weighted by atomic mass is 10.1. The first-order chi connectivity index (χ1) is 9.11. The van der Waals surface area contributed by atoms with E-state index >= 15 is 0 Å². The van der Waals surface area contributed by atoms with Crippen LogP contribution in [0, 0.1) is 0 Å². The van der Waals surface area contributed by atoms with Gasteiger partial charge in [-0.25, -0.2) is 13.1 Å². The lowest BCUT2D eigenvalue weighted by Crippen LogP contribution is -2.27. The molecule has 6 heteroatoms. The van der Waals surface area contributed by atoms with Gasteiger partial charge in [-0.05, 0) is 37.0 Å². The molecule has 0 unspecified atom stereocenters. The predicted octanol–water partition coefficient (Wildman–Crippen LogP) is 1.68. The van der Waals surface area contributed by atoms with Crippen LogP contribution in [-0.2, 0) is 16.4 Å². The first kappa shape index (κ1) is 14.1. The zero-order valence-electron chi connectivity index (χ0n) is 11.0. The molecule has 19 heavy (non-hydrogen) atoms. The van der Waals surface area contributed by atoms with Gasteiger partial charge in [0.2, 0.25) is 16.8 Å². The summed E-state index contributed by atoms with van der Waals surface area (Å²) in [4.78, 5) is 0. The summed E-state index contributed by atoms with van der Waals surface area (Å²) >= 11 is 0. The highest BCUT2D eigenvalue weighted by Gasteiger charge is 2.13. The maximum absolute atomic E-state index is 11.4. The minimum absolute atomic E-state index is 0.191.